The number of rotatable bonds is 5. The molecule has 0 saturated carbocycles. The van der Waals surface area contributed by atoms with Gasteiger partial charge in [-0.3, -0.25) is 4.79 Å². The number of esters is 1. The van der Waals surface area contributed by atoms with Crippen LogP contribution < -0.4 is 10.6 Å². The van der Waals surface area contributed by atoms with Crippen LogP contribution in [-0.2, 0) is 16.1 Å². The summed E-state index contributed by atoms with van der Waals surface area (Å²) in [5, 5.41) is 5.94. The summed E-state index contributed by atoms with van der Waals surface area (Å²) in [6.07, 6.45) is 0. The smallest absolute Gasteiger partial charge is 0.325 e. The van der Waals surface area contributed by atoms with Crippen LogP contribution in [0.25, 0.3) is 0 Å². The zero-order valence-electron chi connectivity index (χ0n) is 10.3. The molecule has 104 valence electrons. The number of halogens is 2. The van der Waals surface area contributed by atoms with E-state index in [9.17, 15) is 9.59 Å². The summed E-state index contributed by atoms with van der Waals surface area (Å²) in [4.78, 5) is 22.4. The maximum atomic E-state index is 11.4. The Morgan fingerprint density at radius 3 is 2.37 bits per heavy atom. The van der Waals surface area contributed by atoms with Crippen molar-refractivity contribution in [2.45, 2.75) is 13.5 Å². The molecule has 7 heteroatoms. The Kier molecular flexibility index (Phi) is 6.45. The molecule has 0 unspecified atom stereocenters. The fourth-order valence-electron chi connectivity index (χ4n) is 1.32. The molecule has 2 amide bonds. The first kappa shape index (κ1) is 15.6. The molecule has 0 aliphatic rings. The summed E-state index contributed by atoms with van der Waals surface area (Å²) in [5.74, 6) is -0.483. The Morgan fingerprint density at radius 2 is 1.79 bits per heavy atom. The Hall–Kier alpha value is -1.46. The molecule has 1 aromatic carbocycles. The number of carbonyl (C=O) groups excluding carboxylic acids is 2. The van der Waals surface area contributed by atoms with Crippen molar-refractivity contribution in [3.05, 3.63) is 33.8 Å². The van der Waals surface area contributed by atoms with E-state index in [0.29, 0.717) is 10.0 Å². The summed E-state index contributed by atoms with van der Waals surface area (Å²) in [6.45, 7) is 2.06. The van der Waals surface area contributed by atoms with Crippen molar-refractivity contribution in [2.75, 3.05) is 13.2 Å². The average Bonchev–Trinajstić information content (AvgIpc) is 2.33. The zero-order chi connectivity index (χ0) is 14.3. The topological polar surface area (TPSA) is 67.4 Å². The van der Waals surface area contributed by atoms with E-state index in [1.807, 2.05) is 0 Å². The van der Waals surface area contributed by atoms with Crippen LogP contribution in [-0.4, -0.2) is 25.2 Å². The lowest BCUT2D eigenvalue weighted by Gasteiger charge is -2.08. The predicted octanol–water partition coefficient (Wildman–Crippen LogP) is 2.36. The predicted molar refractivity (Wildman–Crippen MR) is 73.3 cm³/mol. The second kappa shape index (κ2) is 7.86. The standard InChI is InChI=1S/C12H14Cl2N2O3/c1-2-19-11(17)7-16-12(18)15-6-8-3-9(13)5-10(14)4-8/h3-5H,2,6-7H2,1H3,(H2,15,16,18). The molecule has 2 N–H and O–H groups in total. The van der Waals surface area contributed by atoms with Gasteiger partial charge in [-0.25, -0.2) is 4.79 Å². The van der Waals surface area contributed by atoms with Crippen LogP contribution in [0.5, 0.6) is 0 Å². The minimum atomic E-state index is -0.483. The lowest BCUT2D eigenvalue weighted by atomic mass is 10.2. The molecule has 0 radical (unpaired) electrons. The van der Waals surface area contributed by atoms with Gasteiger partial charge in [0.2, 0.25) is 0 Å². The number of nitrogens with one attached hydrogen (secondary N) is 2. The highest BCUT2D eigenvalue weighted by Crippen LogP contribution is 2.18. The quantitative estimate of drug-likeness (QED) is 0.821. The van der Waals surface area contributed by atoms with Crippen molar-refractivity contribution < 1.29 is 14.3 Å². The van der Waals surface area contributed by atoms with Crippen LogP contribution in [0, 0.1) is 0 Å². The number of urea groups is 1. The van der Waals surface area contributed by atoms with Gasteiger partial charge >= 0.3 is 12.0 Å². The van der Waals surface area contributed by atoms with Crippen LogP contribution >= 0.6 is 23.2 Å². The van der Waals surface area contributed by atoms with E-state index in [-0.39, 0.29) is 19.7 Å². The minimum Gasteiger partial charge on any atom is -0.465 e. The van der Waals surface area contributed by atoms with E-state index >= 15 is 0 Å². The van der Waals surface area contributed by atoms with E-state index in [1.165, 1.54) is 0 Å². The van der Waals surface area contributed by atoms with Gasteiger partial charge in [-0.1, -0.05) is 23.2 Å². The molecule has 19 heavy (non-hydrogen) atoms. The Labute approximate surface area is 121 Å². The highest BCUT2D eigenvalue weighted by atomic mass is 35.5. The maximum absolute atomic E-state index is 11.4. The number of hydrogen-bond acceptors (Lipinski definition) is 3. The first-order valence-electron chi connectivity index (χ1n) is 5.63. The highest BCUT2D eigenvalue weighted by Gasteiger charge is 2.05. The Morgan fingerprint density at radius 1 is 1.16 bits per heavy atom. The fourth-order valence-corrected chi connectivity index (χ4v) is 1.89. The second-order valence-corrected chi connectivity index (χ2v) is 4.49. The molecule has 0 bridgehead atoms. The number of amides is 2. The van der Waals surface area contributed by atoms with Gasteiger partial charge in [0.05, 0.1) is 6.61 Å². The highest BCUT2D eigenvalue weighted by molar-refractivity contribution is 6.34. The zero-order valence-corrected chi connectivity index (χ0v) is 11.8. The SMILES string of the molecule is CCOC(=O)CNC(=O)NCc1cc(Cl)cc(Cl)c1. The molecule has 0 heterocycles. The van der Waals surface area contributed by atoms with Crippen molar-refractivity contribution >= 4 is 35.2 Å². The number of ether oxygens (including phenoxy) is 1. The van der Waals surface area contributed by atoms with Crippen molar-refractivity contribution in [3.8, 4) is 0 Å². The molecular weight excluding hydrogens is 291 g/mol. The van der Waals surface area contributed by atoms with E-state index in [4.69, 9.17) is 23.2 Å². The third-order valence-corrected chi connectivity index (χ3v) is 2.51. The van der Waals surface area contributed by atoms with Crippen LogP contribution in [0.15, 0.2) is 18.2 Å². The van der Waals surface area contributed by atoms with E-state index in [2.05, 4.69) is 15.4 Å². The lowest BCUT2D eigenvalue weighted by molar-refractivity contribution is -0.141. The summed E-state index contributed by atoms with van der Waals surface area (Å²) >= 11 is 11.7. The van der Waals surface area contributed by atoms with Crippen molar-refractivity contribution in [1.29, 1.82) is 0 Å². The van der Waals surface area contributed by atoms with E-state index in [0.717, 1.165) is 5.56 Å². The fraction of sp³-hybridized carbons (Fsp3) is 0.333. The first-order valence-corrected chi connectivity index (χ1v) is 6.39. The molecule has 0 fully saturated rings. The number of hydrogen-bond donors (Lipinski definition) is 2. The van der Waals surface area contributed by atoms with Gasteiger partial charge in [-0.15, -0.1) is 0 Å². The molecule has 0 atom stereocenters. The summed E-state index contributed by atoms with van der Waals surface area (Å²) < 4.78 is 4.67. The van der Waals surface area contributed by atoms with Gasteiger partial charge < -0.3 is 15.4 Å². The van der Waals surface area contributed by atoms with E-state index < -0.39 is 12.0 Å². The average molecular weight is 305 g/mol. The van der Waals surface area contributed by atoms with Gasteiger partial charge in [-0.2, -0.15) is 0 Å². The van der Waals surface area contributed by atoms with Gasteiger partial charge in [0.15, 0.2) is 0 Å². The Balaban J connectivity index is 2.35. The molecule has 0 spiro atoms. The van der Waals surface area contributed by atoms with E-state index in [1.54, 1.807) is 25.1 Å². The Bertz CT molecular complexity index is 446. The molecule has 0 aliphatic carbocycles. The second-order valence-electron chi connectivity index (χ2n) is 3.62. The summed E-state index contributed by atoms with van der Waals surface area (Å²) in [7, 11) is 0. The van der Waals surface area contributed by atoms with Crippen LogP contribution in [0.2, 0.25) is 10.0 Å². The van der Waals surface area contributed by atoms with Gasteiger partial charge in [-0.05, 0) is 30.7 Å². The lowest BCUT2D eigenvalue weighted by Crippen LogP contribution is -2.38. The third kappa shape index (κ3) is 6.31. The van der Waals surface area contributed by atoms with Gasteiger partial charge in [0.25, 0.3) is 0 Å². The molecule has 1 aromatic rings. The summed E-state index contributed by atoms with van der Waals surface area (Å²) in [5.41, 5.74) is 0.767. The maximum Gasteiger partial charge on any atom is 0.325 e. The molecule has 0 aromatic heterocycles. The van der Waals surface area contributed by atoms with Crippen molar-refractivity contribution in [2.24, 2.45) is 0 Å². The largest absolute Gasteiger partial charge is 0.465 e. The molecular formula is C12H14Cl2N2O3. The van der Waals surface area contributed by atoms with Crippen LogP contribution in [0.3, 0.4) is 0 Å². The van der Waals surface area contributed by atoms with Gasteiger partial charge in [0.1, 0.15) is 6.54 Å². The first-order chi connectivity index (χ1) is 9.01. The normalized spacial score (nSPS) is 9.84. The molecule has 5 nitrogen and oxygen atoms in total. The van der Waals surface area contributed by atoms with Gasteiger partial charge in [0, 0.05) is 16.6 Å². The van der Waals surface area contributed by atoms with Crippen molar-refractivity contribution in [1.82, 2.24) is 10.6 Å². The van der Waals surface area contributed by atoms with Crippen LogP contribution in [0.1, 0.15) is 12.5 Å². The van der Waals surface area contributed by atoms with Crippen molar-refractivity contribution in [3.63, 3.8) is 0 Å². The number of carbonyl (C=O) groups is 2. The monoisotopic (exact) mass is 304 g/mol. The number of benzene rings is 1. The molecule has 0 aliphatic heterocycles. The molecule has 0 saturated heterocycles. The van der Waals surface area contributed by atoms with Crippen LogP contribution in [0.4, 0.5) is 4.79 Å². The molecule has 1 rings (SSSR count). The summed E-state index contributed by atoms with van der Waals surface area (Å²) in [6, 6.07) is 4.52. The third-order valence-electron chi connectivity index (χ3n) is 2.07. The minimum absolute atomic E-state index is 0.171.